The number of aryl methyl sites for hydroxylation is 2. The molecule has 0 radical (unpaired) electrons. The average molecular weight is 330 g/mol. The topological polar surface area (TPSA) is 85.2 Å². The van der Waals surface area contributed by atoms with Gasteiger partial charge in [0.2, 0.25) is 0 Å². The SMILES string of the molecule is CCn1cc(C(=O)N2CCOC(c3nccnc3NC)C2)c(C)n1. The number of hydrogen-bond acceptors (Lipinski definition) is 6. The molecule has 0 bridgehead atoms. The van der Waals surface area contributed by atoms with Crippen LogP contribution in [-0.2, 0) is 11.3 Å². The Labute approximate surface area is 140 Å². The first kappa shape index (κ1) is 16.4. The Bertz CT molecular complexity index is 729. The average Bonchev–Trinajstić information content (AvgIpc) is 3.02. The van der Waals surface area contributed by atoms with Crippen molar-refractivity contribution >= 4 is 11.7 Å². The van der Waals surface area contributed by atoms with Crippen molar-refractivity contribution in [1.82, 2.24) is 24.6 Å². The van der Waals surface area contributed by atoms with Crippen LogP contribution in [-0.4, -0.2) is 57.3 Å². The fraction of sp³-hybridized carbons (Fsp3) is 0.500. The van der Waals surface area contributed by atoms with Crippen LogP contribution in [0.1, 0.15) is 34.8 Å². The summed E-state index contributed by atoms with van der Waals surface area (Å²) in [7, 11) is 1.79. The molecule has 1 atom stereocenters. The van der Waals surface area contributed by atoms with Gasteiger partial charge in [-0.05, 0) is 13.8 Å². The van der Waals surface area contributed by atoms with Crippen molar-refractivity contribution < 1.29 is 9.53 Å². The summed E-state index contributed by atoms with van der Waals surface area (Å²) in [6, 6.07) is 0. The Balaban J connectivity index is 1.80. The van der Waals surface area contributed by atoms with Crippen LogP contribution >= 0.6 is 0 Å². The van der Waals surface area contributed by atoms with Gasteiger partial charge in [0.25, 0.3) is 5.91 Å². The highest BCUT2D eigenvalue weighted by Crippen LogP contribution is 2.26. The number of anilines is 1. The molecule has 1 amide bonds. The number of aromatic nitrogens is 4. The minimum Gasteiger partial charge on any atom is -0.372 e. The zero-order valence-electron chi connectivity index (χ0n) is 14.2. The summed E-state index contributed by atoms with van der Waals surface area (Å²) in [5.41, 5.74) is 2.12. The molecular weight excluding hydrogens is 308 g/mol. The predicted molar refractivity (Wildman–Crippen MR) is 88.8 cm³/mol. The van der Waals surface area contributed by atoms with Crippen molar-refractivity contribution in [1.29, 1.82) is 0 Å². The molecule has 128 valence electrons. The molecule has 0 aliphatic carbocycles. The molecule has 1 unspecified atom stereocenters. The first-order chi connectivity index (χ1) is 11.6. The smallest absolute Gasteiger partial charge is 0.257 e. The number of rotatable bonds is 4. The molecule has 8 heteroatoms. The third kappa shape index (κ3) is 3.09. The highest BCUT2D eigenvalue weighted by Gasteiger charge is 2.30. The molecule has 1 saturated heterocycles. The van der Waals surface area contributed by atoms with Gasteiger partial charge in [0, 0.05) is 38.7 Å². The van der Waals surface area contributed by atoms with Crippen molar-refractivity contribution in [3.63, 3.8) is 0 Å². The second-order valence-electron chi connectivity index (χ2n) is 5.63. The molecule has 1 N–H and O–H groups in total. The van der Waals surface area contributed by atoms with Gasteiger partial charge in [-0.2, -0.15) is 5.10 Å². The van der Waals surface area contributed by atoms with Crippen LogP contribution in [0.4, 0.5) is 5.82 Å². The number of carbonyl (C=O) groups is 1. The Morgan fingerprint density at radius 3 is 2.92 bits per heavy atom. The van der Waals surface area contributed by atoms with E-state index in [2.05, 4.69) is 20.4 Å². The zero-order valence-corrected chi connectivity index (χ0v) is 14.2. The van der Waals surface area contributed by atoms with Crippen molar-refractivity contribution in [2.24, 2.45) is 0 Å². The highest BCUT2D eigenvalue weighted by atomic mass is 16.5. The highest BCUT2D eigenvalue weighted by molar-refractivity contribution is 5.95. The Morgan fingerprint density at radius 1 is 1.42 bits per heavy atom. The number of amides is 1. The number of carbonyl (C=O) groups excluding carboxylic acids is 1. The fourth-order valence-corrected chi connectivity index (χ4v) is 2.84. The molecule has 3 heterocycles. The van der Waals surface area contributed by atoms with Gasteiger partial charge in [-0.1, -0.05) is 0 Å². The van der Waals surface area contributed by atoms with Crippen LogP contribution in [0, 0.1) is 6.92 Å². The summed E-state index contributed by atoms with van der Waals surface area (Å²) in [4.78, 5) is 23.3. The lowest BCUT2D eigenvalue weighted by atomic mass is 10.1. The minimum atomic E-state index is -0.291. The van der Waals surface area contributed by atoms with Crippen LogP contribution in [0.15, 0.2) is 18.6 Å². The van der Waals surface area contributed by atoms with Crippen LogP contribution in [0.5, 0.6) is 0 Å². The minimum absolute atomic E-state index is 0.0182. The quantitative estimate of drug-likeness (QED) is 0.908. The van der Waals surface area contributed by atoms with E-state index >= 15 is 0 Å². The maximum Gasteiger partial charge on any atom is 0.257 e. The van der Waals surface area contributed by atoms with Gasteiger partial charge in [0.1, 0.15) is 17.6 Å². The number of nitrogens with zero attached hydrogens (tertiary/aromatic N) is 5. The summed E-state index contributed by atoms with van der Waals surface area (Å²) < 4.78 is 7.60. The van der Waals surface area contributed by atoms with Gasteiger partial charge in [0.15, 0.2) is 0 Å². The number of nitrogens with one attached hydrogen (secondary N) is 1. The first-order valence-electron chi connectivity index (χ1n) is 8.07. The summed E-state index contributed by atoms with van der Waals surface area (Å²) in [6.07, 6.45) is 4.78. The van der Waals surface area contributed by atoms with E-state index in [-0.39, 0.29) is 12.0 Å². The van der Waals surface area contributed by atoms with Gasteiger partial charge in [-0.15, -0.1) is 0 Å². The maximum absolute atomic E-state index is 12.8. The van der Waals surface area contributed by atoms with Crippen LogP contribution in [0.3, 0.4) is 0 Å². The fourth-order valence-electron chi connectivity index (χ4n) is 2.84. The number of ether oxygens (including phenoxy) is 1. The Morgan fingerprint density at radius 2 is 2.21 bits per heavy atom. The Hall–Kier alpha value is -2.48. The maximum atomic E-state index is 12.8. The van der Waals surface area contributed by atoms with E-state index in [1.54, 1.807) is 29.0 Å². The lowest BCUT2D eigenvalue weighted by Crippen LogP contribution is -2.42. The van der Waals surface area contributed by atoms with E-state index < -0.39 is 0 Å². The van der Waals surface area contributed by atoms with E-state index in [0.717, 1.165) is 17.9 Å². The second kappa shape index (κ2) is 6.96. The molecule has 0 aromatic carbocycles. The van der Waals surface area contributed by atoms with Gasteiger partial charge in [-0.25, -0.2) is 4.98 Å². The number of morpholine rings is 1. The van der Waals surface area contributed by atoms with Gasteiger partial charge < -0.3 is 15.0 Å². The molecule has 0 spiro atoms. The standard InChI is InChI=1S/C16H22N6O2/c1-4-22-9-12(11(2)20-22)16(23)21-7-8-24-13(10-21)14-15(17-3)19-6-5-18-14/h5-6,9,13H,4,7-8,10H2,1-3H3,(H,17,19). The lowest BCUT2D eigenvalue weighted by molar-refractivity contribution is -0.0245. The summed E-state index contributed by atoms with van der Waals surface area (Å²) in [6.45, 7) is 6.07. The summed E-state index contributed by atoms with van der Waals surface area (Å²) in [5.74, 6) is 0.655. The monoisotopic (exact) mass is 330 g/mol. The van der Waals surface area contributed by atoms with E-state index in [1.807, 2.05) is 20.0 Å². The van der Waals surface area contributed by atoms with E-state index in [1.165, 1.54) is 0 Å². The largest absolute Gasteiger partial charge is 0.372 e. The van der Waals surface area contributed by atoms with E-state index in [0.29, 0.717) is 31.1 Å². The molecule has 0 saturated carbocycles. The van der Waals surface area contributed by atoms with Crippen molar-refractivity contribution in [2.45, 2.75) is 26.5 Å². The van der Waals surface area contributed by atoms with Crippen LogP contribution < -0.4 is 5.32 Å². The van der Waals surface area contributed by atoms with Crippen LogP contribution in [0.25, 0.3) is 0 Å². The zero-order chi connectivity index (χ0) is 17.1. The predicted octanol–water partition coefficient (Wildman–Crippen LogP) is 1.26. The second-order valence-corrected chi connectivity index (χ2v) is 5.63. The number of hydrogen-bond donors (Lipinski definition) is 1. The normalized spacial score (nSPS) is 17.8. The summed E-state index contributed by atoms with van der Waals surface area (Å²) in [5, 5.41) is 7.37. The van der Waals surface area contributed by atoms with Crippen molar-refractivity contribution in [2.75, 3.05) is 32.1 Å². The molecule has 2 aromatic rings. The van der Waals surface area contributed by atoms with Crippen molar-refractivity contribution in [3.8, 4) is 0 Å². The molecule has 3 rings (SSSR count). The molecular formula is C16H22N6O2. The molecule has 2 aromatic heterocycles. The molecule has 8 nitrogen and oxygen atoms in total. The van der Waals surface area contributed by atoms with Gasteiger partial charge >= 0.3 is 0 Å². The molecule has 24 heavy (non-hydrogen) atoms. The van der Waals surface area contributed by atoms with E-state index in [4.69, 9.17) is 4.74 Å². The van der Waals surface area contributed by atoms with Gasteiger partial charge in [0.05, 0.1) is 24.4 Å². The molecule has 1 aliphatic rings. The molecule has 1 aliphatic heterocycles. The van der Waals surface area contributed by atoms with Crippen molar-refractivity contribution in [3.05, 3.63) is 35.5 Å². The summed E-state index contributed by atoms with van der Waals surface area (Å²) >= 11 is 0. The van der Waals surface area contributed by atoms with Crippen LogP contribution in [0.2, 0.25) is 0 Å². The third-order valence-electron chi connectivity index (χ3n) is 4.12. The Kier molecular flexibility index (Phi) is 4.75. The van der Waals surface area contributed by atoms with Gasteiger partial charge in [-0.3, -0.25) is 14.5 Å². The molecule has 1 fully saturated rings. The third-order valence-corrected chi connectivity index (χ3v) is 4.12. The first-order valence-corrected chi connectivity index (χ1v) is 8.07. The van der Waals surface area contributed by atoms with E-state index in [9.17, 15) is 4.79 Å². The lowest BCUT2D eigenvalue weighted by Gasteiger charge is -2.33.